The first-order chi connectivity index (χ1) is 16.8. The number of aryl methyl sites for hydroxylation is 1. The van der Waals surface area contributed by atoms with Gasteiger partial charge in [-0.3, -0.25) is 4.79 Å². The molecule has 0 radical (unpaired) electrons. The van der Waals surface area contributed by atoms with Gasteiger partial charge in [0.05, 0.1) is 7.11 Å². The van der Waals surface area contributed by atoms with Crippen molar-refractivity contribution < 1.29 is 22.5 Å². The Morgan fingerprint density at radius 2 is 1.74 bits per heavy atom. The standard InChI is InChI=1S/C26H35N3O5S/c1-18-4-9-22(10-5-18)27-26(30)21-14-16-29(17-15-21)35(31,32)25-19(2)28-34-24(25)13-8-20-6-11-23(33-3)12-7-20/h6-8,11-13,18,21-22H,4-5,9-10,14-17H2,1-3H3,(H,27,30)/b13-8-. The number of hydrogen-bond acceptors (Lipinski definition) is 6. The van der Waals surface area contributed by atoms with E-state index in [1.807, 2.05) is 24.3 Å². The molecule has 1 saturated carbocycles. The number of hydrogen-bond donors (Lipinski definition) is 1. The molecule has 2 fully saturated rings. The summed E-state index contributed by atoms with van der Waals surface area (Å²) in [6, 6.07) is 7.66. The summed E-state index contributed by atoms with van der Waals surface area (Å²) in [7, 11) is -2.20. The van der Waals surface area contributed by atoms with Crippen LogP contribution in [0.3, 0.4) is 0 Å². The Hall–Kier alpha value is -2.65. The molecule has 1 aliphatic heterocycles. The molecule has 0 atom stereocenters. The molecule has 1 N–H and O–H groups in total. The monoisotopic (exact) mass is 501 g/mol. The Morgan fingerprint density at radius 1 is 1.09 bits per heavy atom. The Bertz CT molecular complexity index is 1140. The lowest BCUT2D eigenvalue weighted by Gasteiger charge is -2.32. The van der Waals surface area contributed by atoms with E-state index in [0.29, 0.717) is 31.6 Å². The summed E-state index contributed by atoms with van der Waals surface area (Å²) in [5, 5.41) is 7.11. The van der Waals surface area contributed by atoms with Gasteiger partial charge in [0, 0.05) is 25.0 Å². The SMILES string of the molecule is COc1ccc(/C=C\c2onc(C)c2S(=O)(=O)N2CCC(C(=O)NC3CCC(C)CC3)CC2)cc1. The molecule has 8 nitrogen and oxygen atoms in total. The highest BCUT2D eigenvalue weighted by molar-refractivity contribution is 7.89. The summed E-state index contributed by atoms with van der Waals surface area (Å²) in [5.74, 6) is 1.58. The molecule has 1 aliphatic carbocycles. The molecular weight excluding hydrogens is 466 g/mol. The molecule has 9 heteroatoms. The topological polar surface area (TPSA) is 102 Å². The van der Waals surface area contributed by atoms with Crippen molar-refractivity contribution in [1.29, 1.82) is 0 Å². The Balaban J connectivity index is 1.40. The average Bonchev–Trinajstić information content (AvgIpc) is 3.25. The fraction of sp³-hybridized carbons (Fsp3) is 0.538. The molecular formula is C26H35N3O5S. The van der Waals surface area contributed by atoms with Gasteiger partial charge in [0.15, 0.2) is 10.7 Å². The summed E-state index contributed by atoms with van der Waals surface area (Å²) in [6.07, 6.45) is 8.77. The van der Waals surface area contributed by atoms with Gasteiger partial charge in [-0.15, -0.1) is 0 Å². The van der Waals surface area contributed by atoms with Crippen molar-refractivity contribution in [2.45, 2.75) is 63.3 Å². The number of nitrogens with zero attached hydrogens (tertiary/aromatic N) is 2. The molecule has 35 heavy (non-hydrogen) atoms. The minimum atomic E-state index is -3.80. The van der Waals surface area contributed by atoms with Crippen LogP contribution in [-0.2, 0) is 14.8 Å². The normalized spacial score (nSPS) is 22.4. The maximum atomic E-state index is 13.5. The van der Waals surface area contributed by atoms with Crippen LogP contribution in [0.25, 0.3) is 12.2 Å². The van der Waals surface area contributed by atoms with Crippen LogP contribution in [0.5, 0.6) is 5.75 Å². The maximum absolute atomic E-state index is 13.5. The van der Waals surface area contributed by atoms with E-state index in [1.54, 1.807) is 26.2 Å². The van der Waals surface area contributed by atoms with Crippen molar-refractivity contribution >= 4 is 28.1 Å². The molecule has 1 aromatic heterocycles. The molecule has 1 saturated heterocycles. The zero-order valence-electron chi connectivity index (χ0n) is 20.7. The molecule has 1 aromatic carbocycles. The van der Waals surface area contributed by atoms with E-state index in [-0.39, 0.29) is 28.5 Å². The van der Waals surface area contributed by atoms with E-state index < -0.39 is 10.0 Å². The molecule has 190 valence electrons. The second-order valence-electron chi connectivity index (χ2n) is 9.71. The number of benzene rings is 1. The highest BCUT2D eigenvalue weighted by atomic mass is 32.2. The third-order valence-corrected chi connectivity index (χ3v) is 9.22. The zero-order chi connectivity index (χ0) is 25.0. The fourth-order valence-corrected chi connectivity index (χ4v) is 6.62. The smallest absolute Gasteiger partial charge is 0.248 e. The van der Waals surface area contributed by atoms with E-state index in [4.69, 9.17) is 9.26 Å². The fourth-order valence-electron chi connectivity index (χ4n) is 4.90. The van der Waals surface area contributed by atoms with Gasteiger partial charge in [-0.1, -0.05) is 30.3 Å². The van der Waals surface area contributed by atoms with E-state index in [2.05, 4.69) is 17.4 Å². The lowest BCUT2D eigenvalue weighted by atomic mass is 9.87. The van der Waals surface area contributed by atoms with Crippen LogP contribution >= 0.6 is 0 Å². The van der Waals surface area contributed by atoms with Crippen LogP contribution in [-0.4, -0.2) is 50.0 Å². The number of nitrogens with one attached hydrogen (secondary N) is 1. The molecule has 4 rings (SSSR count). The predicted molar refractivity (Wildman–Crippen MR) is 134 cm³/mol. The summed E-state index contributed by atoms with van der Waals surface area (Å²) in [4.78, 5) is 12.9. The van der Waals surface area contributed by atoms with Crippen molar-refractivity contribution in [2.75, 3.05) is 20.2 Å². The van der Waals surface area contributed by atoms with Gasteiger partial charge in [0.1, 0.15) is 11.4 Å². The summed E-state index contributed by atoms with van der Waals surface area (Å²) in [6.45, 7) is 4.49. The van der Waals surface area contributed by atoms with Crippen molar-refractivity contribution in [3.8, 4) is 5.75 Å². The van der Waals surface area contributed by atoms with E-state index in [0.717, 1.165) is 42.9 Å². The number of ether oxygens (including phenoxy) is 1. The molecule has 0 spiro atoms. The van der Waals surface area contributed by atoms with Gasteiger partial charge < -0.3 is 14.6 Å². The summed E-state index contributed by atoms with van der Waals surface area (Å²) in [5.41, 5.74) is 1.20. The molecule has 0 unspecified atom stereocenters. The van der Waals surface area contributed by atoms with Crippen LogP contribution < -0.4 is 10.1 Å². The molecule has 2 aliphatic rings. The minimum absolute atomic E-state index is 0.0610. The van der Waals surface area contributed by atoms with Crippen LogP contribution in [0.2, 0.25) is 0 Å². The lowest BCUT2D eigenvalue weighted by molar-refractivity contribution is -0.127. The molecule has 0 bridgehead atoms. The van der Waals surface area contributed by atoms with Crippen LogP contribution in [0.1, 0.15) is 62.5 Å². The quantitative estimate of drug-likeness (QED) is 0.608. The average molecular weight is 502 g/mol. The Kier molecular flexibility index (Phi) is 7.96. The highest BCUT2D eigenvalue weighted by Gasteiger charge is 2.36. The number of sulfonamides is 1. The van der Waals surface area contributed by atoms with E-state index in [9.17, 15) is 13.2 Å². The number of aromatic nitrogens is 1. The van der Waals surface area contributed by atoms with Crippen LogP contribution in [0.15, 0.2) is 33.7 Å². The van der Waals surface area contributed by atoms with Crippen molar-refractivity contribution in [2.24, 2.45) is 11.8 Å². The van der Waals surface area contributed by atoms with Gasteiger partial charge in [0.2, 0.25) is 15.9 Å². The van der Waals surface area contributed by atoms with Crippen molar-refractivity contribution in [1.82, 2.24) is 14.8 Å². The van der Waals surface area contributed by atoms with Crippen LogP contribution in [0.4, 0.5) is 0 Å². The summed E-state index contributed by atoms with van der Waals surface area (Å²) >= 11 is 0. The van der Waals surface area contributed by atoms with Gasteiger partial charge in [0.25, 0.3) is 0 Å². The van der Waals surface area contributed by atoms with E-state index >= 15 is 0 Å². The first kappa shape index (κ1) is 25.4. The minimum Gasteiger partial charge on any atom is -0.497 e. The zero-order valence-corrected chi connectivity index (χ0v) is 21.5. The second kappa shape index (κ2) is 11.0. The number of amides is 1. The van der Waals surface area contributed by atoms with Crippen molar-refractivity contribution in [3.63, 3.8) is 0 Å². The van der Waals surface area contributed by atoms with Gasteiger partial charge >= 0.3 is 0 Å². The first-order valence-corrected chi connectivity index (χ1v) is 13.8. The van der Waals surface area contributed by atoms with E-state index in [1.165, 1.54) is 4.31 Å². The van der Waals surface area contributed by atoms with Crippen LogP contribution in [0, 0.1) is 18.8 Å². The first-order valence-electron chi connectivity index (χ1n) is 12.4. The summed E-state index contributed by atoms with van der Waals surface area (Å²) < 4.78 is 38.9. The number of carbonyl (C=O) groups is 1. The largest absolute Gasteiger partial charge is 0.497 e. The third kappa shape index (κ3) is 5.95. The van der Waals surface area contributed by atoms with Crippen molar-refractivity contribution in [3.05, 3.63) is 41.3 Å². The van der Waals surface area contributed by atoms with Gasteiger partial charge in [-0.05, 0) is 75.1 Å². The third-order valence-electron chi connectivity index (χ3n) is 7.16. The maximum Gasteiger partial charge on any atom is 0.248 e. The predicted octanol–water partition coefficient (Wildman–Crippen LogP) is 4.26. The second-order valence-corrected chi connectivity index (χ2v) is 11.6. The Morgan fingerprint density at radius 3 is 2.37 bits per heavy atom. The van der Waals surface area contributed by atoms with Gasteiger partial charge in [-0.2, -0.15) is 4.31 Å². The molecule has 2 heterocycles. The van der Waals surface area contributed by atoms with Gasteiger partial charge in [-0.25, -0.2) is 8.42 Å². The number of rotatable bonds is 7. The number of piperidine rings is 1. The number of methoxy groups -OCH3 is 1. The molecule has 1 amide bonds. The lowest BCUT2D eigenvalue weighted by Crippen LogP contribution is -2.46. The highest BCUT2D eigenvalue weighted by Crippen LogP contribution is 2.30. The Labute approximate surface area is 207 Å². The number of carbonyl (C=O) groups excluding carboxylic acids is 1. The molecule has 2 aromatic rings.